The van der Waals surface area contributed by atoms with Crippen LogP contribution in [0.5, 0.6) is 0 Å². The molecule has 0 fully saturated rings. The Morgan fingerprint density at radius 1 is 1.05 bits per heavy atom. The summed E-state index contributed by atoms with van der Waals surface area (Å²) < 4.78 is 0. The Morgan fingerprint density at radius 3 is 2.79 bits per heavy atom. The fraction of sp³-hybridized carbons (Fsp3) is 0.188. The smallest absolute Gasteiger partial charge is 0.240 e. The molecular weight excluding hydrogens is 252 g/mol. The third kappa shape index (κ3) is 2.99. The number of hydrogen-bond acceptors (Lipinski definition) is 1. The first-order valence-corrected chi connectivity index (χ1v) is 7.59. The molecule has 0 unspecified atom stereocenters. The van der Waals surface area contributed by atoms with E-state index in [0.29, 0.717) is 0 Å². The second-order valence-corrected chi connectivity index (χ2v) is 5.74. The highest BCUT2D eigenvalue weighted by Gasteiger charge is 2.08. The van der Waals surface area contributed by atoms with Crippen molar-refractivity contribution in [2.45, 2.75) is 18.4 Å². The highest BCUT2D eigenvalue weighted by atomic mass is 32.2. The summed E-state index contributed by atoms with van der Waals surface area (Å²) in [5.41, 5.74) is 5.07. The predicted molar refractivity (Wildman–Crippen MR) is 81.0 cm³/mol. The molecule has 1 aromatic heterocycles. The fourth-order valence-electron chi connectivity index (χ4n) is 2.20. The van der Waals surface area contributed by atoms with Crippen LogP contribution in [0.2, 0.25) is 0 Å². The van der Waals surface area contributed by atoms with Crippen LogP contribution in [0.4, 0.5) is 0 Å². The number of rotatable bonds is 4. The van der Waals surface area contributed by atoms with Crippen molar-refractivity contribution >= 4 is 22.8 Å². The van der Waals surface area contributed by atoms with E-state index < -0.39 is 0 Å². The molecule has 0 amide bonds. The first-order valence-electron chi connectivity index (χ1n) is 6.43. The maximum atomic E-state index is 3.42. The molecule has 96 valence electrons. The van der Waals surface area contributed by atoms with E-state index in [-0.39, 0.29) is 0 Å². The highest BCUT2D eigenvalue weighted by molar-refractivity contribution is 7.97. The molecule has 0 aliphatic heterocycles. The molecule has 0 saturated heterocycles. The number of hydrogen-bond donors (Lipinski definition) is 1. The lowest BCUT2D eigenvalue weighted by Gasteiger charge is -2.00. The number of benzene rings is 2. The minimum Gasteiger partial charge on any atom is -0.240 e. The van der Waals surface area contributed by atoms with Gasteiger partial charge in [0.25, 0.3) is 5.82 Å². The number of aromatic amines is 2. The zero-order chi connectivity index (χ0) is 13.1. The van der Waals surface area contributed by atoms with Crippen LogP contribution in [-0.2, 0) is 11.5 Å². The molecule has 1 heterocycles. The van der Waals surface area contributed by atoms with E-state index in [1.54, 1.807) is 0 Å². The predicted octanol–water partition coefficient (Wildman–Crippen LogP) is 3.72. The van der Waals surface area contributed by atoms with Crippen LogP contribution in [-0.4, -0.2) is 4.98 Å². The number of para-hydroxylation sites is 2. The van der Waals surface area contributed by atoms with Gasteiger partial charge in [0, 0.05) is 5.75 Å². The van der Waals surface area contributed by atoms with Gasteiger partial charge in [-0.05, 0) is 24.6 Å². The van der Waals surface area contributed by atoms with E-state index in [2.05, 4.69) is 65.4 Å². The summed E-state index contributed by atoms with van der Waals surface area (Å²) >= 11 is 1.92. The van der Waals surface area contributed by atoms with Crippen molar-refractivity contribution in [3.63, 3.8) is 0 Å². The lowest BCUT2D eigenvalue weighted by atomic mass is 10.2. The molecule has 0 bridgehead atoms. The summed E-state index contributed by atoms with van der Waals surface area (Å²) in [7, 11) is 0. The topological polar surface area (TPSA) is 29.9 Å². The minimum atomic E-state index is 0.975. The largest absolute Gasteiger partial charge is 0.263 e. The van der Waals surface area contributed by atoms with Gasteiger partial charge in [0.1, 0.15) is 0 Å². The average molecular weight is 269 g/mol. The van der Waals surface area contributed by atoms with Crippen molar-refractivity contribution in [2.75, 3.05) is 0 Å². The molecule has 0 atom stereocenters. The Labute approximate surface area is 117 Å². The lowest BCUT2D eigenvalue weighted by Crippen LogP contribution is -2.05. The average Bonchev–Trinajstić information content (AvgIpc) is 2.81. The first kappa shape index (κ1) is 12.3. The van der Waals surface area contributed by atoms with E-state index in [9.17, 15) is 0 Å². The van der Waals surface area contributed by atoms with Gasteiger partial charge < -0.3 is 0 Å². The van der Waals surface area contributed by atoms with Crippen molar-refractivity contribution in [1.82, 2.24) is 4.98 Å². The Balaban J connectivity index is 1.63. The highest BCUT2D eigenvalue weighted by Crippen LogP contribution is 2.17. The molecule has 19 heavy (non-hydrogen) atoms. The maximum Gasteiger partial charge on any atom is 0.263 e. The summed E-state index contributed by atoms with van der Waals surface area (Å²) in [6.07, 6.45) is 0. The fourth-order valence-corrected chi connectivity index (χ4v) is 3.07. The van der Waals surface area contributed by atoms with Crippen molar-refractivity contribution < 1.29 is 4.98 Å². The second-order valence-electron chi connectivity index (χ2n) is 4.76. The zero-order valence-electron chi connectivity index (χ0n) is 10.9. The van der Waals surface area contributed by atoms with Crippen molar-refractivity contribution in [3.8, 4) is 0 Å². The molecular formula is C16H17N2S+. The number of thioether (sulfide) groups is 1. The van der Waals surface area contributed by atoms with Gasteiger partial charge in [-0.3, -0.25) is 0 Å². The monoisotopic (exact) mass is 269 g/mol. The Bertz CT molecular complexity index is 655. The van der Waals surface area contributed by atoms with Gasteiger partial charge in [0.15, 0.2) is 11.0 Å². The number of aryl methyl sites for hydroxylation is 1. The Hall–Kier alpha value is -1.74. The number of fused-ring (bicyclic) bond motifs is 1. The van der Waals surface area contributed by atoms with E-state index in [4.69, 9.17) is 0 Å². The normalized spacial score (nSPS) is 11.0. The summed E-state index contributed by atoms with van der Waals surface area (Å²) in [6, 6.07) is 17.0. The van der Waals surface area contributed by atoms with Gasteiger partial charge in [0.05, 0.1) is 5.75 Å². The standard InChI is InChI=1S/C16H16N2S/c1-12-5-4-6-13(9-12)10-19-11-16-17-14-7-2-3-8-15(14)18-16/h2-9H,10-11H2,1H3,(H,17,18)/p+1. The van der Waals surface area contributed by atoms with Crippen LogP contribution in [0.15, 0.2) is 48.5 Å². The SMILES string of the molecule is Cc1cccc(CSCc2[nH]c3ccccc3[nH+]2)c1. The molecule has 0 aliphatic rings. The van der Waals surface area contributed by atoms with Gasteiger partial charge in [-0.1, -0.05) is 42.0 Å². The van der Waals surface area contributed by atoms with E-state index in [1.807, 2.05) is 11.8 Å². The minimum absolute atomic E-state index is 0.975. The van der Waals surface area contributed by atoms with Gasteiger partial charge in [-0.15, -0.1) is 11.8 Å². The van der Waals surface area contributed by atoms with Gasteiger partial charge >= 0.3 is 0 Å². The van der Waals surface area contributed by atoms with Gasteiger partial charge in [0.2, 0.25) is 0 Å². The quantitative estimate of drug-likeness (QED) is 0.768. The summed E-state index contributed by atoms with van der Waals surface area (Å²) in [4.78, 5) is 6.83. The van der Waals surface area contributed by atoms with E-state index >= 15 is 0 Å². The lowest BCUT2D eigenvalue weighted by molar-refractivity contribution is -0.355. The first-order chi connectivity index (χ1) is 9.31. The van der Waals surface area contributed by atoms with Gasteiger partial charge in [-0.2, -0.15) is 0 Å². The van der Waals surface area contributed by atoms with Gasteiger partial charge in [-0.25, -0.2) is 9.97 Å². The van der Waals surface area contributed by atoms with Crippen LogP contribution in [0.3, 0.4) is 0 Å². The Kier molecular flexibility index (Phi) is 3.56. The third-order valence-electron chi connectivity index (χ3n) is 3.10. The van der Waals surface area contributed by atoms with E-state index in [1.165, 1.54) is 28.0 Å². The maximum absolute atomic E-state index is 3.42. The van der Waals surface area contributed by atoms with Crippen LogP contribution < -0.4 is 4.98 Å². The number of imidazole rings is 1. The van der Waals surface area contributed by atoms with Crippen molar-refractivity contribution in [2.24, 2.45) is 0 Å². The molecule has 3 heteroatoms. The molecule has 0 aliphatic carbocycles. The van der Waals surface area contributed by atoms with Crippen LogP contribution in [0, 0.1) is 6.92 Å². The number of aromatic nitrogens is 2. The van der Waals surface area contributed by atoms with Crippen molar-refractivity contribution in [1.29, 1.82) is 0 Å². The molecule has 0 radical (unpaired) electrons. The third-order valence-corrected chi connectivity index (χ3v) is 4.13. The molecule has 0 saturated carbocycles. The number of H-pyrrole nitrogens is 2. The molecule has 2 N–H and O–H groups in total. The molecule has 3 aromatic rings. The van der Waals surface area contributed by atoms with E-state index in [0.717, 1.165) is 11.5 Å². The summed E-state index contributed by atoms with van der Waals surface area (Å²) in [6.45, 7) is 2.14. The molecule has 0 spiro atoms. The molecule has 2 nitrogen and oxygen atoms in total. The van der Waals surface area contributed by atoms with Crippen LogP contribution in [0.25, 0.3) is 11.0 Å². The second kappa shape index (κ2) is 5.49. The van der Waals surface area contributed by atoms with Crippen molar-refractivity contribution in [3.05, 3.63) is 65.5 Å². The Morgan fingerprint density at radius 2 is 1.95 bits per heavy atom. The number of nitrogens with one attached hydrogen (secondary N) is 2. The molecule has 2 aromatic carbocycles. The van der Waals surface area contributed by atoms with Crippen LogP contribution in [0.1, 0.15) is 17.0 Å². The summed E-state index contributed by atoms with van der Waals surface area (Å²) in [5.74, 6) is 3.20. The molecule has 3 rings (SSSR count). The van der Waals surface area contributed by atoms with Crippen LogP contribution >= 0.6 is 11.8 Å². The summed E-state index contributed by atoms with van der Waals surface area (Å²) in [5, 5.41) is 0. The zero-order valence-corrected chi connectivity index (χ0v) is 11.8.